The summed E-state index contributed by atoms with van der Waals surface area (Å²) in [7, 11) is 0. The minimum Gasteiger partial charge on any atom is -0.380 e. The molecule has 0 N–H and O–H groups in total. The van der Waals surface area contributed by atoms with E-state index in [-0.39, 0.29) is 5.41 Å². The van der Waals surface area contributed by atoms with Crippen molar-refractivity contribution in [2.75, 3.05) is 13.2 Å². The molecular weight excluding hydrogens is 176 g/mol. The van der Waals surface area contributed by atoms with Gasteiger partial charge in [0.15, 0.2) is 0 Å². The Balaban J connectivity index is 2.12. The van der Waals surface area contributed by atoms with Crippen LogP contribution in [0.15, 0.2) is 0 Å². The van der Waals surface area contributed by atoms with Crippen molar-refractivity contribution in [3.63, 3.8) is 0 Å². The number of hydrogen-bond acceptors (Lipinski definition) is 2. The van der Waals surface area contributed by atoms with Crippen molar-refractivity contribution in [1.29, 1.82) is 0 Å². The maximum absolute atomic E-state index is 11.0. The molecule has 1 fully saturated rings. The highest BCUT2D eigenvalue weighted by Crippen LogP contribution is 2.32. The standard InChI is InChI=1S/C12H22O2/c1-2-3-4-5-6-7-12(10-13)8-9-14-11-12/h10H,2-9,11H2,1H3. The van der Waals surface area contributed by atoms with Crippen molar-refractivity contribution < 1.29 is 9.53 Å². The summed E-state index contributed by atoms with van der Waals surface area (Å²) in [6, 6.07) is 0. The first-order valence-electron chi connectivity index (χ1n) is 5.87. The quantitative estimate of drug-likeness (QED) is 0.464. The minimum absolute atomic E-state index is 0.119. The highest BCUT2D eigenvalue weighted by atomic mass is 16.5. The van der Waals surface area contributed by atoms with Crippen LogP contribution in [0.2, 0.25) is 0 Å². The normalized spacial score (nSPS) is 26.6. The lowest BCUT2D eigenvalue weighted by molar-refractivity contribution is -0.116. The summed E-state index contributed by atoms with van der Waals surface area (Å²) in [5.74, 6) is 0. The molecule has 0 spiro atoms. The maximum Gasteiger partial charge on any atom is 0.128 e. The molecule has 0 saturated carbocycles. The molecule has 1 heterocycles. The van der Waals surface area contributed by atoms with Gasteiger partial charge in [-0.2, -0.15) is 0 Å². The first-order chi connectivity index (χ1) is 6.83. The predicted octanol–water partition coefficient (Wildman–Crippen LogP) is 2.95. The Hall–Kier alpha value is -0.370. The molecule has 0 aromatic rings. The molecule has 0 aromatic heterocycles. The Morgan fingerprint density at radius 3 is 2.64 bits per heavy atom. The fourth-order valence-corrected chi connectivity index (χ4v) is 2.05. The van der Waals surface area contributed by atoms with Gasteiger partial charge in [-0.1, -0.05) is 39.0 Å². The third-order valence-corrected chi connectivity index (χ3v) is 3.16. The van der Waals surface area contributed by atoms with Gasteiger partial charge in [-0.3, -0.25) is 0 Å². The van der Waals surface area contributed by atoms with Crippen LogP contribution in [0.1, 0.15) is 51.9 Å². The van der Waals surface area contributed by atoms with Crippen LogP contribution in [0.5, 0.6) is 0 Å². The lowest BCUT2D eigenvalue weighted by Gasteiger charge is -2.19. The molecule has 82 valence electrons. The van der Waals surface area contributed by atoms with Crippen LogP contribution in [-0.4, -0.2) is 19.5 Å². The van der Waals surface area contributed by atoms with Crippen LogP contribution in [0.4, 0.5) is 0 Å². The number of unbranched alkanes of at least 4 members (excludes halogenated alkanes) is 4. The second-order valence-electron chi connectivity index (χ2n) is 4.45. The first-order valence-corrected chi connectivity index (χ1v) is 5.87. The van der Waals surface area contributed by atoms with Gasteiger partial charge in [-0.05, 0) is 12.8 Å². The van der Waals surface area contributed by atoms with Crippen molar-refractivity contribution in [3.8, 4) is 0 Å². The number of carbonyl (C=O) groups excluding carboxylic acids is 1. The smallest absolute Gasteiger partial charge is 0.128 e. The number of hydrogen-bond donors (Lipinski definition) is 0. The average molecular weight is 198 g/mol. The van der Waals surface area contributed by atoms with Gasteiger partial charge in [0.25, 0.3) is 0 Å². The summed E-state index contributed by atoms with van der Waals surface area (Å²) < 4.78 is 5.30. The molecule has 0 amide bonds. The second kappa shape index (κ2) is 6.18. The maximum atomic E-state index is 11.0. The number of carbonyl (C=O) groups is 1. The van der Waals surface area contributed by atoms with E-state index in [1.807, 2.05) is 0 Å². The van der Waals surface area contributed by atoms with E-state index in [1.165, 1.54) is 32.1 Å². The highest BCUT2D eigenvalue weighted by molar-refractivity contribution is 5.59. The fourth-order valence-electron chi connectivity index (χ4n) is 2.05. The molecule has 1 aliphatic rings. The van der Waals surface area contributed by atoms with Gasteiger partial charge in [0.2, 0.25) is 0 Å². The molecule has 0 bridgehead atoms. The summed E-state index contributed by atoms with van der Waals surface area (Å²) in [6.45, 7) is 3.65. The monoisotopic (exact) mass is 198 g/mol. The molecular formula is C12H22O2. The third kappa shape index (κ3) is 3.41. The third-order valence-electron chi connectivity index (χ3n) is 3.16. The second-order valence-corrected chi connectivity index (χ2v) is 4.45. The van der Waals surface area contributed by atoms with E-state index in [1.54, 1.807) is 0 Å². The summed E-state index contributed by atoms with van der Waals surface area (Å²) >= 11 is 0. The van der Waals surface area contributed by atoms with E-state index in [4.69, 9.17) is 4.74 Å². The van der Waals surface area contributed by atoms with Crippen molar-refractivity contribution in [1.82, 2.24) is 0 Å². The van der Waals surface area contributed by atoms with E-state index in [0.29, 0.717) is 6.61 Å². The topological polar surface area (TPSA) is 26.3 Å². The molecule has 2 heteroatoms. The molecule has 1 saturated heterocycles. The molecule has 1 unspecified atom stereocenters. The van der Waals surface area contributed by atoms with E-state index >= 15 is 0 Å². The Labute approximate surface area is 87.0 Å². The average Bonchev–Trinajstić information content (AvgIpc) is 2.67. The molecule has 2 nitrogen and oxygen atoms in total. The van der Waals surface area contributed by atoms with Crippen LogP contribution in [0, 0.1) is 5.41 Å². The molecule has 1 atom stereocenters. The van der Waals surface area contributed by atoms with Crippen LogP contribution in [0.25, 0.3) is 0 Å². The number of aldehydes is 1. The zero-order chi connectivity index (χ0) is 10.3. The predicted molar refractivity (Wildman–Crippen MR) is 57.3 cm³/mol. The summed E-state index contributed by atoms with van der Waals surface area (Å²) in [6.07, 6.45) is 9.45. The minimum atomic E-state index is -0.119. The van der Waals surface area contributed by atoms with Gasteiger partial charge in [0.05, 0.1) is 12.0 Å². The van der Waals surface area contributed by atoms with E-state index < -0.39 is 0 Å². The van der Waals surface area contributed by atoms with Gasteiger partial charge >= 0.3 is 0 Å². The van der Waals surface area contributed by atoms with Gasteiger partial charge in [-0.15, -0.1) is 0 Å². The fraction of sp³-hybridized carbons (Fsp3) is 0.917. The van der Waals surface area contributed by atoms with Crippen molar-refractivity contribution >= 4 is 6.29 Å². The lowest BCUT2D eigenvalue weighted by Crippen LogP contribution is -2.22. The van der Waals surface area contributed by atoms with E-state index in [0.717, 1.165) is 25.7 Å². The van der Waals surface area contributed by atoms with E-state index in [2.05, 4.69) is 6.92 Å². The number of ether oxygens (including phenoxy) is 1. The van der Waals surface area contributed by atoms with Crippen LogP contribution >= 0.6 is 0 Å². The molecule has 14 heavy (non-hydrogen) atoms. The Morgan fingerprint density at radius 2 is 2.07 bits per heavy atom. The van der Waals surface area contributed by atoms with Gasteiger partial charge in [0, 0.05) is 6.61 Å². The highest BCUT2D eigenvalue weighted by Gasteiger charge is 2.33. The zero-order valence-electron chi connectivity index (χ0n) is 9.26. The Kier molecular flexibility index (Phi) is 5.16. The molecule has 0 radical (unpaired) electrons. The summed E-state index contributed by atoms with van der Waals surface area (Å²) in [5, 5.41) is 0. The largest absolute Gasteiger partial charge is 0.380 e. The Bertz CT molecular complexity index is 160. The number of rotatable bonds is 7. The Morgan fingerprint density at radius 1 is 1.29 bits per heavy atom. The lowest BCUT2D eigenvalue weighted by atomic mass is 9.83. The molecule has 0 aliphatic carbocycles. The van der Waals surface area contributed by atoms with Crippen molar-refractivity contribution in [2.24, 2.45) is 5.41 Å². The van der Waals surface area contributed by atoms with Crippen LogP contribution < -0.4 is 0 Å². The first kappa shape index (κ1) is 11.7. The van der Waals surface area contributed by atoms with Gasteiger partial charge in [-0.25, -0.2) is 0 Å². The van der Waals surface area contributed by atoms with Crippen LogP contribution in [-0.2, 0) is 9.53 Å². The summed E-state index contributed by atoms with van der Waals surface area (Å²) in [4.78, 5) is 11.0. The molecule has 1 rings (SSSR count). The molecule has 0 aromatic carbocycles. The summed E-state index contributed by atoms with van der Waals surface area (Å²) in [5.41, 5.74) is -0.119. The van der Waals surface area contributed by atoms with Crippen LogP contribution in [0.3, 0.4) is 0 Å². The van der Waals surface area contributed by atoms with E-state index in [9.17, 15) is 4.79 Å². The van der Waals surface area contributed by atoms with Crippen molar-refractivity contribution in [2.45, 2.75) is 51.9 Å². The SMILES string of the molecule is CCCCCCCC1(C=O)CCOC1. The zero-order valence-corrected chi connectivity index (χ0v) is 9.26. The molecule has 1 aliphatic heterocycles. The van der Waals surface area contributed by atoms with Gasteiger partial charge < -0.3 is 9.53 Å². The van der Waals surface area contributed by atoms with Crippen molar-refractivity contribution in [3.05, 3.63) is 0 Å². The van der Waals surface area contributed by atoms with Gasteiger partial charge in [0.1, 0.15) is 6.29 Å².